The smallest absolute Gasteiger partial charge is 0.258 e. The predicted molar refractivity (Wildman–Crippen MR) is 65.2 cm³/mol. The molecule has 0 aliphatic rings. The molecule has 0 saturated heterocycles. The third-order valence-electron chi connectivity index (χ3n) is 2.29. The molecule has 2 aromatic rings. The number of nitro groups is 1. The number of rotatable bonds is 3. The van der Waals surface area contributed by atoms with Crippen molar-refractivity contribution in [1.29, 1.82) is 0 Å². The molecule has 1 aromatic carbocycles. The van der Waals surface area contributed by atoms with Gasteiger partial charge in [0.2, 0.25) is 10.8 Å². The largest absolute Gasteiger partial charge is 0.335 e. The Labute approximate surface area is 115 Å². The highest BCUT2D eigenvalue weighted by atomic mass is 35.5. The molecule has 0 bridgehead atoms. The van der Waals surface area contributed by atoms with Crippen molar-refractivity contribution in [2.75, 3.05) is 0 Å². The van der Waals surface area contributed by atoms with Crippen molar-refractivity contribution in [1.82, 2.24) is 9.78 Å². The maximum absolute atomic E-state index is 12.7. The van der Waals surface area contributed by atoms with Gasteiger partial charge in [0, 0.05) is 5.02 Å². The van der Waals surface area contributed by atoms with Crippen LogP contribution in [0.25, 0.3) is 5.69 Å². The number of nitrogens with zero attached hydrogens (tertiary/aromatic N) is 3. The first-order valence-electron chi connectivity index (χ1n) is 4.88. The van der Waals surface area contributed by atoms with E-state index in [1.54, 1.807) is 0 Å². The van der Waals surface area contributed by atoms with Crippen LogP contribution in [0.2, 0.25) is 10.2 Å². The SMILES string of the molecule is O=[N+]([O-])c1c(C(F)F)nn(-c2ccc(Cl)cc2)c1Cl. The first kappa shape index (κ1) is 13.7. The lowest BCUT2D eigenvalue weighted by Crippen LogP contribution is -1.97. The van der Waals surface area contributed by atoms with Gasteiger partial charge < -0.3 is 0 Å². The molecular formula is C10H5Cl2F2N3O2. The van der Waals surface area contributed by atoms with Crippen LogP contribution in [0.15, 0.2) is 24.3 Å². The van der Waals surface area contributed by atoms with Crippen molar-refractivity contribution in [3.8, 4) is 5.69 Å². The summed E-state index contributed by atoms with van der Waals surface area (Å²) in [5, 5.41) is 14.2. The van der Waals surface area contributed by atoms with Crippen molar-refractivity contribution in [3.63, 3.8) is 0 Å². The Balaban J connectivity index is 2.62. The van der Waals surface area contributed by atoms with E-state index in [1.807, 2.05) is 0 Å². The van der Waals surface area contributed by atoms with E-state index in [0.717, 1.165) is 4.68 Å². The van der Waals surface area contributed by atoms with E-state index in [2.05, 4.69) is 5.10 Å². The number of alkyl halides is 2. The van der Waals surface area contributed by atoms with Gasteiger partial charge >= 0.3 is 5.69 Å². The summed E-state index contributed by atoms with van der Waals surface area (Å²) < 4.78 is 26.3. The zero-order valence-corrected chi connectivity index (χ0v) is 10.6. The molecule has 0 spiro atoms. The van der Waals surface area contributed by atoms with E-state index in [9.17, 15) is 18.9 Å². The fourth-order valence-corrected chi connectivity index (χ4v) is 1.90. The van der Waals surface area contributed by atoms with E-state index < -0.39 is 27.9 Å². The lowest BCUT2D eigenvalue weighted by molar-refractivity contribution is -0.386. The van der Waals surface area contributed by atoms with Crippen LogP contribution < -0.4 is 0 Å². The molecule has 0 atom stereocenters. The summed E-state index contributed by atoms with van der Waals surface area (Å²) in [6.45, 7) is 0. The van der Waals surface area contributed by atoms with Gasteiger partial charge in [-0.2, -0.15) is 5.10 Å². The Morgan fingerprint density at radius 1 is 1.26 bits per heavy atom. The predicted octanol–water partition coefficient (Wildman–Crippen LogP) is 4.02. The van der Waals surface area contributed by atoms with Crippen LogP contribution in [0.5, 0.6) is 0 Å². The number of aromatic nitrogens is 2. The summed E-state index contributed by atoms with van der Waals surface area (Å²) in [7, 11) is 0. The second-order valence-electron chi connectivity index (χ2n) is 3.47. The van der Waals surface area contributed by atoms with Crippen molar-refractivity contribution in [2.45, 2.75) is 6.43 Å². The number of benzene rings is 1. The van der Waals surface area contributed by atoms with Crippen molar-refractivity contribution in [2.24, 2.45) is 0 Å². The van der Waals surface area contributed by atoms with Crippen molar-refractivity contribution in [3.05, 3.63) is 50.2 Å². The molecule has 0 aliphatic heterocycles. The molecule has 9 heteroatoms. The van der Waals surface area contributed by atoms with Gasteiger partial charge in [0.1, 0.15) is 0 Å². The third-order valence-corrected chi connectivity index (χ3v) is 2.88. The normalized spacial score (nSPS) is 11.0. The Hall–Kier alpha value is -1.73. The average molecular weight is 308 g/mol. The third kappa shape index (κ3) is 2.52. The highest BCUT2D eigenvalue weighted by Gasteiger charge is 2.32. The molecule has 0 radical (unpaired) electrons. The Morgan fingerprint density at radius 2 is 1.84 bits per heavy atom. The van der Waals surface area contributed by atoms with E-state index in [0.29, 0.717) is 10.7 Å². The van der Waals surface area contributed by atoms with Crippen molar-refractivity contribution >= 4 is 28.9 Å². The van der Waals surface area contributed by atoms with Gasteiger partial charge in [-0.3, -0.25) is 10.1 Å². The van der Waals surface area contributed by atoms with Crippen LogP contribution in [-0.2, 0) is 0 Å². The van der Waals surface area contributed by atoms with E-state index in [-0.39, 0.29) is 0 Å². The van der Waals surface area contributed by atoms with Crippen LogP contribution in [0.1, 0.15) is 12.1 Å². The lowest BCUT2D eigenvalue weighted by Gasteiger charge is -2.01. The first-order chi connectivity index (χ1) is 8.91. The Bertz CT molecular complexity index is 628. The summed E-state index contributed by atoms with van der Waals surface area (Å²) >= 11 is 11.4. The van der Waals surface area contributed by atoms with Crippen LogP contribution in [-0.4, -0.2) is 14.7 Å². The fourth-order valence-electron chi connectivity index (χ4n) is 1.47. The maximum Gasteiger partial charge on any atom is 0.335 e. The van der Waals surface area contributed by atoms with E-state index in [1.165, 1.54) is 24.3 Å². The van der Waals surface area contributed by atoms with Crippen molar-refractivity contribution < 1.29 is 13.7 Å². The highest BCUT2D eigenvalue weighted by molar-refractivity contribution is 6.32. The quantitative estimate of drug-likeness (QED) is 0.635. The van der Waals surface area contributed by atoms with Gasteiger partial charge in [-0.15, -0.1) is 0 Å². The second-order valence-corrected chi connectivity index (χ2v) is 4.27. The average Bonchev–Trinajstić information content (AvgIpc) is 2.68. The summed E-state index contributed by atoms with van der Waals surface area (Å²) in [5.74, 6) is 0. The number of hydrogen-bond donors (Lipinski definition) is 0. The minimum absolute atomic E-state index is 0.296. The van der Waals surface area contributed by atoms with Gasteiger partial charge in [0.15, 0.2) is 0 Å². The molecule has 0 aliphatic carbocycles. The maximum atomic E-state index is 12.7. The standard InChI is InChI=1S/C10H5Cl2F2N3O2/c11-5-1-3-6(4-2-5)16-9(12)8(17(18)19)7(15-16)10(13)14/h1-4,10H. The van der Waals surface area contributed by atoms with Gasteiger partial charge in [-0.25, -0.2) is 13.5 Å². The van der Waals surface area contributed by atoms with Gasteiger partial charge in [0.25, 0.3) is 6.43 Å². The number of halogens is 4. The lowest BCUT2D eigenvalue weighted by atomic mass is 10.3. The molecule has 0 unspecified atom stereocenters. The molecule has 0 fully saturated rings. The molecule has 5 nitrogen and oxygen atoms in total. The van der Waals surface area contributed by atoms with E-state index >= 15 is 0 Å². The summed E-state index contributed by atoms with van der Waals surface area (Å²) in [5.41, 5.74) is -1.57. The Kier molecular flexibility index (Phi) is 3.68. The van der Waals surface area contributed by atoms with Gasteiger partial charge in [0.05, 0.1) is 10.6 Å². The molecule has 2 rings (SSSR count). The topological polar surface area (TPSA) is 61.0 Å². The molecule has 100 valence electrons. The summed E-state index contributed by atoms with van der Waals surface area (Å²) in [6, 6.07) is 5.89. The monoisotopic (exact) mass is 307 g/mol. The minimum atomic E-state index is -3.09. The molecule has 0 saturated carbocycles. The fraction of sp³-hybridized carbons (Fsp3) is 0.100. The summed E-state index contributed by atoms with van der Waals surface area (Å²) in [6.07, 6.45) is -3.09. The second kappa shape index (κ2) is 5.10. The molecular weight excluding hydrogens is 303 g/mol. The van der Waals surface area contributed by atoms with Crippen LogP contribution >= 0.6 is 23.2 Å². The molecule has 0 amide bonds. The van der Waals surface area contributed by atoms with Gasteiger partial charge in [-0.05, 0) is 24.3 Å². The van der Waals surface area contributed by atoms with E-state index in [4.69, 9.17) is 23.2 Å². The zero-order chi connectivity index (χ0) is 14.2. The number of hydrogen-bond acceptors (Lipinski definition) is 3. The summed E-state index contributed by atoms with van der Waals surface area (Å²) in [4.78, 5) is 9.78. The van der Waals surface area contributed by atoms with Gasteiger partial charge in [-0.1, -0.05) is 23.2 Å². The van der Waals surface area contributed by atoms with Crippen LogP contribution in [0, 0.1) is 10.1 Å². The molecule has 1 aromatic heterocycles. The highest BCUT2D eigenvalue weighted by Crippen LogP contribution is 2.35. The molecule has 19 heavy (non-hydrogen) atoms. The van der Waals surface area contributed by atoms with Crippen LogP contribution in [0.3, 0.4) is 0 Å². The molecule has 0 N–H and O–H groups in total. The Morgan fingerprint density at radius 3 is 2.26 bits per heavy atom. The minimum Gasteiger partial charge on any atom is -0.258 e. The zero-order valence-electron chi connectivity index (χ0n) is 9.06. The first-order valence-corrected chi connectivity index (χ1v) is 5.64. The van der Waals surface area contributed by atoms with Crippen LogP contribution in [0.4, 0.5) is 14.5 Å². The molecule has 1 heterocycles.